The van der Waals surface area contributed by atoms with E-state index in [-0.39, 0.29) is 6.03 Å². The summed E-state index contributed by atoms with van der Waals surface area (Å²) in [6.45, 7) is 0.816. The van der Waals surface area contributed by atoms with Crippen LogP contribution in [0, 0.1) is 0 Å². The first-order valence-corrected chi connectivity index (χ1v) is 12.2. The highest BCUT2D eigenvalue weighted by molar-refractivity contribution is 6.32. The molecule has 2 amide bonds. The Morgan fingerprint density at radius 2 is 1.78 bits per heavy atom. The summed E-state index contributed by atoms with van der Waals surface area (Å²) in [5.74, 6) is 0.983. The van der Waals surface area contributed by atoms with E-state index in [0.29, 0.717) is 42.0 Å². The lowest BCUT2D eigenvalue weighted by Gasteiger charge is -2.18. The van der Waals surface area contributed by atoms with Crippen LogP contribution in [0.3, 0.4) is 0 Å². The Hall–Kier alpha value is -4.34. The first-order chi connectivity index (χ1) is 18.0. The third kappa shape index (κ3) is 5.58. The van der Waals surface area contributed by atoms with Gasteiger partial charge in [-0.3, -0.25) is 5.10 Å². The van der Waals surface area contributed by atoms with Gasteiger partial charge in [0.1, 0.15) is 16.7 Å². The van der Waals surface area contributed by atoms with E-state index in [1.165, 1.54) is 0 Å². The van der Waals surface area contributed by atoms with Gasteiger partial charge in [-0.1, -0.05) is 72.3 Å². The number of nitrogen functional groups attached to an aromatic ring is 1. The average Bonchev–Trinajstić information content (AvgIpc) is 3.50. The van der Waals surface area contributed by atoms with Crippen LogP contribution in [0.5, 0.6) is 0 Å². The number of carbonyl (C=O) groups is 1. The Morgan fingerprint density at radius 1 is 1.00 bits per heavy atom. The zero-order valence-corrected chi connectivity index (χ0v) is 20.7. The lowest BCUT2D eigenvalue weighted by atomic mass is 10.1. The molecule has 8 N–H and O–H groups in total. The number of aromatic amines is 2. The van der Waals surface area contributed by atoms with Crippen LogP contribution in [-0.4, -0.2) is 26.2 Å². The zero-order chi connectivity index (χ0) is 25.8. The number of urea groups is 1. The molecule has 0 aliphatic carbocycles. The number of hydrogen-bond donors (Lipinski definition) is 6. The van der Waals surface area contributed by atoms with Gasteiger partial charge in [-0.25, -0.2) is 9.78 Å². The van der Waals surface area contributed by atoms with E-state index in [1.807, 2.05) is 72.8 Å². The molecule has 3 aromatic carbocycles. The smallest absolute Gasteiger partial charge is 0.315 e. The Bertz CT molecular complexity index is 1530. The minimum atomic E-state index is -0.449. The second-order valence-electron chi connectivity index (χ2n) is 8.75. The molecule has 0 bridgehead atoms. The van der Waals surface area contributed by atoms with E-state index >= 15 is 0 Å². The van der Waals surface area contributed by atoms with Gasteiger partial charge in [0.15, 0.2) is 5.82 Å². The van der Waals surface area contributed by atoms with Crippen LogP contribution >= 0.6 is 11.6 Å². The molecule has 0 fully saturated rings. The van der Waals surface area contributed by atoms with Crippen LogP contribution in [0.15, 0.2) is 72.8 Å². The van der Waals surface area contributed by atoms with Crippen LogP contribution in [-0.2, 0) is 19.5 Å². The van der Waals surface area contributed by atoms with Crippen molar-refractivity contribution in [2.75, 3.05) is 5.73 Å². The molecule has 0 spiro atoms. The molecule has 9 nitrogen and oxygen atoms in total. The fourth-order valence-corrected chi connectivity index (χ4v) is 4.49. The summed E-state index contributed by atoms with van der Waals surface area (Å²) >= 11 is 6.58. The van der Waals surface area contributed by atoms with Crippen molar-refractivity contribution in [1.82, 2.24) is 30.8 Å². The number of amides is 2. The van der Waals surface area contributed by atoms with E-state index in [1.54, 1.807) is 0 Å². The molecule has 2 aromatic heterocycles. The molecule has 0 aliphatic rings. The second kappa shape index (κ2) is 10.7. The Balaban J connectivity index is 1.38. The molecule has 1 atom stereocenters. The molecule has 5 rings (SSSR count). The maximum Gasteiger partial charge on any atom is 0.315 e. The van der Waals surface area contributed by atoms with E-state index in [4.69, 9.17) is 28.1 Å². The summed E-state index contributed by atoms with van der Waals surface area (Å²) in [7, 11) is 0. The van der Waals surface area contributed by atoms with Gasteiger partial charge in [0.2, 0.25) is 0 Å². The molecule has 37 heavy (non-hydrogen) atoms. The third-order valence-electron chi connectivity index (χ3n) is 6.14. The number of hydrogen-bond acceptors (Lipinski definition) is 5. The van der Waals surface area contributed by atoms with Crippen LogP contribution in [0.2, 0.25) is 5.15 Å². The maximum atomic E-state index is 12.9. The zero-order valence-electron chi connectivity index (χ0n) is 20.0. The number of carbonyl (C=O) groups excluding carboxylic acids is 1. The predicted molar refractivity (Wildman–Crippen MR) is 146 cm³/mol. The number of anilines is 1. The molecule has 0 unspecified atom stereocenters. The van der Waals surface area contributed by atoms with Gasteiger partial charge < -0.3 is 27.1 Å². The minimum Gasteiger partial charge on any atom is -0.382 e. The van der Waals surface area contributed by atoms with Crippen molar-refractivity contribution in [3.05, 3.63) is 100 Å². The highest BCUT2D eigenvalue weighted by Crippen LogP contribution is 2.31. The number of nitrogens with two attached hydrogens (primary N) is 2. The van der Waals surface area contributed by atoms with Crippen LogP contribution in [0.4, 0.5) is 10.6 Å². The molecule has 188 valence electrons. The van der Waals surface area contributed by atoms with Gasteiger partial charge in [0.05, 0.1) is 11.6 Å². The number of nitrogens with one attached hydrogen (secondary N) is 4. The average molecular weight is 515 g/mol. The van der Waals surface area contributed by atoms with Crippen molar-refractivity contribution in [1.29, 1.82) is 0 Å². The van der Waals surface area contributed by atoms with E-state index in [0.717, 1.165) is 33.2 Å². The lowest BCUT2D eigenvalue weighted by Crippen LogP contribution is -2.38. The number of H-pyrrole nitrogens is 2. The lowest BCUT2D eigenvalue weighted by molar-refractivity contribution is 0.236. The summed E-state index contributed by atoms with van der Waals surface area (Å²) < 4.78 is 0. The van der Waals surface area contributed by atoms with Crippen molar-refractivity contribution < 1.29 is 4.79 Å². The second-order valence-corrected chi connectivity index (χ2v) is 9.13. The molecule has 2 heterocycles. The molecule has 0 saturated heterocycles. The van der Waals surface area contributed by atoms with E-state index in [9.17, 15) is 4.79 Å². The summed E-state index contributed by atoms with van der Waals surface area (Å²) in [5.41, 5.74) is 16.8. The Kier molecular flexibility index (Phi) is 7.07. The van der Waals surface area contributed by atoms with Crippen molar-refractivity contribution in [3.63, 3.8) is 0 Å². The van der Waals surface area contributed by atoms with Gasteiger partial charge in [-0.05, 0) is 35.2 Å². The molecule has 5 aromatic rings. The normalized spacial score (nSPS) is 11.9. The van der Waals surface area contributed by atoms with Crippen LogP contribution < -0.4 is 22.1 Å². The topological polar surface area (TPSA) is 151 Å². The standard InChI is InChI=1S/C27H27ClN8O/c28-24-23(19-9-10-20-21(13-19)35-36-25(20)30)33-26(34-24)22(12-16-5-2-1-3-6-16)32-27(37)31-15-18-8-4-7-17(11-18)14-29/h1-11,13,22H,12,14-15,29H2,(H,33,34)(H3,30,35,36)(H2,31,32,37)/t22-/m0/s1. The third-order valence-corrected chi connectivity index (χ3v) is 6.42. The Labute approximate surface area is 218 Å². The van der Waals surface area contributed by atoms with E-state index < -0.39 is 6.04 Å². The number of aromatic nitrogens is 4. The monoisotopic (exact) mass is 514 g/mol. The molecule has 10 heteroatoms. The molecule has 0 radical (unpaired) electrons. The first kappa shape index (κ1) is 24.4. The quantitative estimate of drug-likeness (QED) is 0.181. The highest BCUT2D eigenvalue weighted by Gasteiger charge is 2.22. The van der Waals surface area contributed by atoms with Crippen molar-refractivity contribution in [3.8, 4) is 11.3 Å². The van der Waals surface area contributed by atoms with Gasteiger partial charge >= 0.3 is 6.03 Å². The highest BCUT2D eigenvalue weighted by atomic mass is 35.5. The van der Waals surface area contributed by atoms with Crippen LogP contribution in [0.1, 0.15) is 28.6 Å². The molecule has 0 saturated carbocycles. The molecule has 0 aliphatic heterocycles. The van der Waals surface area contributed by atoms with Crippen molar-refractivity contribution in [2.24, 2.45) is 5.73 Å². The van der Waals surface area contributed by atoms with Gasteiger partial charge in [-0.15, -0.1) is 0 Å². The summed E-state index contributed by atoms with van der Waals surface area (Å²) in [5, 5.41) is 14.1. The summed E-state index contributed by atoms with van der Waals surface area (Å²) in [6, 6.07) is 22.6. The molecular formula is C27H27ClN8O. The number of nitrogens with zero attached hydrogens (tertiary/aromatic N) is 2. The number of benzene rings is 3. The van der Waals surface area contributed by atoms with Gasteiger partial charge in [0.25, 0.3) is 0 Å². The fraction of sp³-hybridized carbons (Fsp3) is 0.148. The number of imidazole rings is 1. The number of fused-ring (bicyclic) bond motifs is 1. The van der Waals surface area contributed by atoms with Crippen LogP contribution in [0.25, 0.3) is 22.2 Å². The SMILES string of the molecule is NCc1cccc(CNC(=O)N[C@@H](Cc2ccccc2)c2nc(-c3ccc4c(N)n[nH]c4c3)c(Cl)[nH]2)c1. The summed E-state index contributed by atoms with van der Waals surface area (Å²) in [6.07, 6.45) is 0.524. The van der Waals surface area contributed by atoms with Gasteiger partial charge in [0, 0.05) is 24.0 Å². The van der Waals surface area contributed by atoms with E-state index in [2.05, 4.69) is 25.8 Å². The predicted octanol–water partition coefficient (Wildman–Crippen LogP) is 4.43. The summed E-state index contributed by atoms with van der Waals surface area (Å²) in [4.78, 5) is 20.8. The Morgan fingerprint density at radius 3 is 2.59 bits per heavy atom. The number of rotatable bonds is 8. The minimum absolute atomic E-state index is 0.317. The van der Waals surface area contributed by atoms with Gasteiger partial charge in [-0.2, -0.15) is 5.10 Å². The fourth-order valence-electron chi connectivity index (χ4n) is 4.24. The molecular weight excluding hydrogens is 488 g/mol. The first-order valence-electron chi connectivity index (χ1n) is 11.9. The largest absolute Gasteiger partial charge is 0.382 e. The van der Waals surface area contributed by atoms with Crippen molar-refractivity contribution in [2.45, 2.75) is 25.6 Å². The van der Waals surface area contributed by atoms with Crippen molar-refractivity contribution >= 4 is 34.4 Å². The number of halogens is 1. The maximum absolute atomic E-state index is 12.9.